The molecule has 116 valence electrons. The van der Waals surface area contributed by atoms with E-state index in [-0.39, 0.29) is 11.4 Å². The molecule has 2 aromatic carbocycles. The number of nitrogens with one attached hydrogen (secondary N) is 1. The second-order valence-corrected chi connectivity index (χ2v) is 6.11. The molecule has 1 aromatic heterocycles. The third-order valence-corrected chi connectivity index (χ3v) is 4.59. The van der Waals surface area contributed by atoms with E-state index in [1.165, 1.54) is 0 Å². The number of aldehydes is 1. The number of H-pyrrole nitrogens is 1. The number of carbonyl (C=O) groups excluding carboxylic acids is 2. The van der Waals surface area contributed by atoms with E-state index in [2.05, 4.69) is 4.98 Å². The van der Waals surface area contributed by atoms with E-state index in [1.54, 1.807) is 36.0 Å². The summed E-state index contributed by atoms with van der Waals surface area (Å²) in [5.74, 6) is 0.118. The molecule has 4 N–H and O–H groups in total. The van der Waals surface area contributed by atoms with Crippen LogP contribution in [0.25, 0.3) is 10.9 Å². The Morgan fingerprint density at radius 3 is 2.83 bits per heavy atom. The van der Waals surface area contributed by atoms with Gasteiger partial charge in [-0.3, -0.25) is 9.59 Å². The fourth-order valence-corrected chi connectivity index (χ4v) is 3.25. The molecular formula is C17H14N2O3S. The molecule has 3 rings (SSSR count). The van der Waals surface area contributed by atoms with Gasteiger partial charge in [-0.1, -0.05) is 18.2 Å². The Kier molecular flexibility index (Phi) is 4.08. The number of amides is 1. The molecule has 0 unspecified atom stereocenters. The van der Waals surface area contributed by atoms with E-state index in [0.717, 1.165) is 10.5 Å². The van der Waals surface area contributed by atoms with Gasteiger partial charge in [0.1, 0.15) is 0 Å². The van der Waals surface area contributed by atoms with Crippen molar-refractivity contribution in [2.24, 2.45) is 5.73 Å². The van der Waals surface area contributed by atoms with Crippen molar-refractivity contribution in [2.45, 2.75) is 10.6 Å². The average Bonchev–Trinajstić information content (AvgIpc) is 2.87. The first kappa shape index (κ1) is 15.2. The van der Waals surface area contributed by atoms with Crippen LogP contribution in [0.2, 0.25) is 0 Å². The third-order valence-electron chi connectivity index (χ3n) is 3.52. The number of nitrogens with two attached hydrogens (primary N) is 1. The van der Waals surface area contributed by atoms with Crippen molar-refractivity contribution >= 4 is 34.9 Å². The third kappa shape index (κ3) is 3.07. The van der Waals surface area contributed by atoms with Crippen LogP contribution in [0.15, 0.2) is 47.4 Å². The average molecular weight is 326 g/mol. The number of primary amides is 1. The topological polar surface area (TPSA) is 96.2 Å². The number of rotatable bonds is 5. The lowest BCUT2D eigenvalue weighted by Crippen LogP contribution is -2.10. The van der Waals surface area contributed by atoms with Crippen LogP contribution in [0, 0.1) is 0 Å². The van der Waals surface area contributed by atoms with Gasteiger partial charge < -0.3 is 15.8 Å². The summed E-state index contributed by atoms with van der Waals surface area (Å²) in [5.41, 5.74) is 7.74. The lowest BCUT2D eigenvalue weighted by molar-refractivity contribution is 0.0999. The molecule has 0 saturated carbocycles. The number of fused-ring (bicyclic) bond motifs is 1. The predicted octanol–water partition coefficient (Wildman–Crippen LogP) is 3.08. The number of aromatic amines is 1. The molecule has 3 aromatic rings. The summed E-state index contributed by atoms with van der Waals surface area (Å²) in [6.45, 7) is 0. The van der Waals surface area contributed by atoms with E-state index in [0.29, 0.717) is 28.5 Å². The monoisotopic (exact) mass is 326 g/mol. The number of hydrogen-bond acceptors (Lipinski definition) is 4. The fraction of sp³-hybridized carbons (Fsp3) is 0.0588. The molecule has 6 heteroatoms. The van der Waals surface area contributed by atoms with Crippen molar-refractivity contribution in [1.82, 2.24) is 4.98 Å². The van der Waals surface area contributed by atoms with Crippen LogP contribution in [0.4, 0.5) is 0 Å². The largest absolute Gasteiger partial charge is 0.494 e. The van der Waals surface area contributed by atoms with Gasteiger partial charge >= 0.3 is 0 Å². The van der Waals surface area contributed by atoms with E-state index in [9.17, 15) is 14.7 Å². The van der Waals surface area contributed by atoms with Gasteiger partial charge in [0.2, 0.25) is 5.91 Å². The minimum atomic E-state index is -0.443. The molecule has 0 saturated heterocycles. The molecule has 1 heterocycles. The Labute approximate surface area is 136 Å². The van der Waals surface area contributed by atoms with Crippen LogP contribution < -0.4 is 5.73 Å². The van der Waals surface area contributed by atoms with Crippen LogP contribution >= 0.6 is 11.8 Å². The SMILES string of the molecule is NC(=O)c1cccc(CSc2ccc3c(C=O)c(O)[nH]c3c2)c1. The highest BCUT2D eigenvalue weighted by Gasteiger charge is 2.10. The predicted molar refractivity (Wildman–Crippen MR) is 89.9 cm³/mol. The highest BCUT2D eigenvalue weighted by atomic mass is 32.2. The van der Waals surface area contributed by atoms with Crippen molar-refractivity contribution < 1.29 is 14.7 Å². The lowest BCUT2D eigenvalue weighted by atomic mass is 10.1. The number of aromatic hydroxyl groups is 1. The fourth-order valence-electron chi connectivity index (χ4n) is 2.37. The Hall–Kier alpha value is -2.73. The quantitative estimate of drug-likeness (QED) is 0.496. The van der Waals surface area contributed by atoms with E-state index in [4.69, 9.17) is 5.73 Å². The maximum absolute atomic E-state index is 11.2. The Bertz CT molecular complexity index is 902. The standard InChI is InChI=1S/C17H14N2O3S/c18-16(21)11-3-1-2-10(6-11)9-23-12-4-5-13-14(8-20)17(22)19-15(13)7-12/h1-8,19,22H,9H2,(H2,18,21). The van der Waals surface area contributed by atoms with Crippen molar-refractivity contribution in [3.8, 4) is 5.88 Å². The molecule has 0 aliphatic carbocycles. The van der Waals surface area contributed by atoms with Crippen molar-refractivity contribution in [1.29, 1.82) is 0 Å². The van der Waals surface area contributed by atoms with Gasteiger partial charge in [0.05, 0.1) is 11.1 Å². The van der Waals surface area contributed by atoms with Gasteiger partial charge in [0, 0.05) is 21.6 Å². The van der Waals surface area contributed by atoms with Crippen LogP contribution in [-0.4, -0.2) is 22.3 Å². The van der Waals surface area contributed by atoms with Gasteiger partial charge in [0.15, 0.2) is 12.2 Å². The summed E-state index contributed by atoms with van der Waals surface area (Å²) in [7, 11) is 0. The van der Waals surface area contributed by atoms with Gasteiger partial charge in [0.25, 0.3) is 0 Å². The number of aromatic nitrogens is 1. The summed E-state index contributed by atoms with van der Waals surface area (Å²) in [6, 6.07) is 12.8. The van der Waals surface area contributed by atoms with Gasteiger partial charge in [-0.2, -0.15) is 0 Å². The van der Waals surface area contributed by atoms with Gasteiger partial charge in [-0.15, -0.1) is 11.8 Å². The summed E-state index contributed by atoms with van der Waals surface area (Å²) in [5, 5.41) is 10.4. The van der Waals surface area contributed by atoms with Gasteiger partial charge in [-0.25, -0.2) is 0 Å². The zero-order valence-corrected chi connectivity index (χ0v) is 12.9. The van der Waals surface area contributed by atoms with Crippen molar-refractivity contribution in [2.75, 3.05) is 0 Å². The van der Waals surface area contributed by atoms with Crippen molar-refractivity contribution in [3.63, 3.8) is 0 Å². The molecule has 5 nitrogen and oxygen atoms in total. The first-order valence-corrected chi connectivity index (χ1v) is 7.88. The minimum Gasteiger partial charge on any atom is -0.494 e. The number of carbonyl (C=O) groups is 2. The summed E-state index contributed by atoms with van der Waals surface area (Å²) < 4.78 is 0. The van der Waals surface area contributed by atoms with Crippen molar-refractivity contribution in [3.05, 3.63) is 59.2 Å². The molecule has 0 atom stereocenters. The second-order valence-electron chi connectivity index (χ2n) is 5.07. The highest BCUT2D eigenvalue weighted by Crippen LogP contribution is 2.30. The number of thioether (sulfide) groups is 1. The van der Waals surface area contributed by atoms with Crippen LogP contribution in [0.3, 0.4) is 0 Å². The molecule has 1 amide bonds. The highest BCUT2D eigenvalue weighted by molar-refractivity contribution is 7.98. The zero-order valence-electron chi connectivity index (χ0n) is 12.1. The zero-order chi connectivity index (χ0) is 16.4. The summed E-state index contributed by atoms with van der Waals surface area (Å²) in [6.07, 6.45) is 0.635. The van der Waals surface area contributed by atoms with E-state index < -0.39 is 5.91 Å². The minimum absolute atomic E-state index is 0.119. The van der Waals surface area contributed by atoms with Crippen LogP contribution in [-0.2, 0) is 5.75 Å². The van der Waals surface area contributed by atoms with E-state index >= 15 is 0 Å². The first-order chi connectivity index (χ1) is 11.1. The molecule has 0 aliphatic heterocycles. The molecule has 0 fully saturated rings. The number of hydrogen-bond donors (Lipinski definition) is 3. The van der Waals surface area contributed by atoms with E-state index in [1.807, 2.05) is 18.2 Å². The maximum Gasteiger partial charge on any atom is 0.248 e. The molecule has 0 spiro atoms. The molecule has 0 aliphatic rings. The number of benzene rings is 2. The Morgan fingerprint density at radius 2 is 2.09 bits per heavy atom. The molecular weight excluding hydrogens is 312 g/mol. The summed E-state index contributed by atoms with van der Waals surface area (Å²) in [4.78, 5) is 25.9. The van der Waals surface area contributed by atoms with Gasteiger partial charge in [-0.05, 0) is 29.8 Å². The molecule has 0 radical (unpaired) electrons. The normalized spacial score (nSPS) is 10.8. The first-order valence-electron chi connectivity index (χ1n) is 6.90. The van der Waals surface area contributed by atoms with Crippen LogP contribution in [0.5, 0.6) is 5.88 Å². The summed E-state index contributed by atoms with van der Waals surface area (Å²) >= 11 is 1.59. The molecule has 23 heavy (non-hydrogen) atoms. The smallest absolute Gasteiger partial charge is 0.248 e. The molecule has 0 bridgehead atoms. The Balaban J connectivity index is 1.81. The lowest BCUT2D eigenvalue weighted by Gasteiger charge is -2.04. The maximum atomic E-state index is 11.2. The van der Waals surface area contributed by atoms with Crippen LogP contribution in [0.1, 0.15) is 26.3 Å². The Morgan fingerprint density at radius 1 is 1.26 bits per heavy atom. The second kappa shape index (κ2) is 6.18.